The minimum atomic E-state index is -0.601. The van der Waals surface area contributed by atoms with Crippen LogP contribution >= 0.6 is 11.6 Å². The van der Waals surface area contributed by atoms with Crippen LogP contribution in [0.4, 0.5) is 10.4 Å². The van der Waals surface area contributed by atoms with Gasteiger partial charge in [-0.3, -0.25) is 4.79 Å². The molecular weight excluding hydrogens is 447 g/mol. The van der Waals surface area contributed by atoms with E-state index in [-0.39, 0.29) is 23.4 Å². The van der Waals surface area contributed by atoms with Crippen LogP contribution in [0, 0.1) is 11.7 Å². The second kappa shape index (κ2) is 8.82. The smallest absolute Gasteiger partial charge is 0.295 e. The number of hydrogen-bond donors (Lipinski definition) is 1. The molecule has 1 amide bonds. The number of oxazole rings is 1. The van der Waals surface area contributed by atoms with Gasteiger partial charge in [0, 0.05) is 24.2 Å². The van der Waals surface area contributed by atoms with Gasteiger partial charge < -0.3 is 14.6 Å². The highest BCUT2D eigenvalue weighted by atomic mass is 35.5. The van der Waals surface area contributed by atoms with Crippen molar-refractivity contribution in [3.63, 3.8) is 0 Å². The van der Waals surface area contributed by atoms with Crippen molar-refractivity contribution < 1.29 is 13.6 Å². The minimum Gasteiger partial charge on any atom is -0.424 e. The third-order valence-corrected chi connectivity index (χ3v) is 6.26. The summed E-state index contributed by atoms with van der Waals surface area (Å²) in [6, 6.07) is 9.88. The maximum absolute atomic E-state index is 14.9. The number of likely N-dealkylation sites (tertiary alicyclic amines) is 1. The molecule has 0 bridgehead atoms. The van der Waals surface area contributed by atoms with E-state index < -0.39 is 5.82 Å². The number of amides is 1. The Kier molecular flexibility index (Phi) is 5.72. The van der Waals surface area contributed by atoms with Crippen molar-refractivity contribution in [2.24, 2.45) is 5.92 Å². The largest absolute Gasteiger partial charge is 0.424 e. The lowest BCUT2D eigenvalue weighted by Crippen LogP contribution is -2.51. The van der Waals surface area contributed by atoms with Gasteiger partial charge in [-0.2, -0.15) is 20.0 Å². The van der Waals surface area contributed by atoms with Crippen LogP contribution in [0.3, 0.4) is 0 Å². The Hall–Kier alpha value is -3.46. The van der Waals surface area contributed by atoms with E-state index in [1.54, 1.807) is 35.2 Å². The van der Waals surface area contributed by atoms with Crippen molar-refractivity contribution in [2.45, 2.75) is 25.8 Å². The van der Waals surface area contributed by atoms with Gasteiger partial charge in [-0.25, -0.2) is 4.39 Å². The number of nitrogens with one attached hydrogen (secondary N) is 1. The first-order chi connectivity index (χ1) is 16.0. The van der Waals surface area contributed by atoms with E-state index in [1.165, 1.54) is 23.3 Å². The summed E-state index contributed by atoms with van der Waals surface area (Å²) < 4.78 is 20.7. The molecule has 1 saturated heterocycles. The Morgan fingerprint density at radius 1 is 1.27 bits per heavy atom. The number of carbonyl (C=O) groups is 1. The number of nitrogens with zero attached hydrogens (tertiary/aromatic N) is 5. The second-order valence-electron chi connectivity index (χ2n) is 8.15. The van der Waals surface area contributed by atoms with Crippen molar-refractivity contribution in [3.05, 3.63) is 65.2 Å². The summed E-state index contributed by atoms with van der Waals surface area (Å²) in [4.78, 5) is 21.0. The van der Waals surface area contributed by atoms with E-state index in [0.717, 1.165) is 12.8 Å². The Labute approximate surface area is 194 Å². The normalized spacial score (nSPS) is 18.6. The zero-order chi connectivity index (χ0) is 22.9. The predicted molar refractivity (Wildman–Crippen MR) is 122 cm³/mol. The number of benzene rings is 2. The van der Waals surface area contributed by atoms with Crippen molar-refractivity contribution >= 4 is 34.6 Å². The molecule has 0 aliphatic carbocycles. The zero-order valence-electron chi connectivity index (χ0n) is 17.9. The van der Waals surface area contributed by atoms with Crippen LogP contribution < -0.4 is 5.32 Å². The Morgan fingerprint density at radius 3 is 2.91 bits per heavy atom. The summed E-state index contributed by atoms with van der Waals surface area (Å²) in [5.74, 6) is -0.786. The molecule has 3 heterocycles. The number of aromatic nitrogens is 4. The molecule has 0 spiro atoms. The topological polar surface area (TPSA) is 89.1 Å². The number of anilines is 1. The quantitative estimate of drug-likeness (QED) is 0.462. The molecule has 1 aliphatic heterocycles. The van der Waals surface area contributed by atoms with Gasteiger partial charge in [-0.05, 0) is 43.0 Å². The summed E-state index contributed by atoms with van der Waals surface area (Å²) >= 11 is 6.03. The fraction of sp³-hybridized carbons (Fsp3) is 0.304. The fourth-order valence-corrected chi connectivity index (χ4v) is 4.52. The van der Waals surface area contributed by atoms with Crippen molar-refractivity contribution in [1.82, 2.24) is 24.9 Å². The van der Waals surface area contributed by atoms with Gasteiger partial charge in [0.05, 0.1) is 18.4 Å². The number of piperidine rings is 1. The van der Waals surface area contributed by atoms with Gasteiger partial charge in [0.15, 0.2) is 5.58 Å². The molecule has 2 aromatic carbocycles. The van der Waals surface area contributed by atoms with Gasteiger partial charge >= 0.3 is 0 Å². The Balaban J connectivity index is 1.41. The molecule has 1 aliphatic rings. The highest BCUT2D eigenvalue weighted by molar-refractivity contribution is 6.31. The van der Waals surface area contributed by atoms with Crippen molar-refractivity contribution in [2.75, 3.05) is 18.4 Å². The molecule has 2 aromatic heterocycles. The summed E-state index contributed by atoms with van der Waals surface area (Å²) in [7, 11) is 0. The lowest BCUT2D eigenvalue weighted by atomic mass is 9.90. The van der Waals surface area contributed by atoms with Gasteiger partial charge in [0.25, 0.3) is 11.9 Å². The second-order valence-corrected chi connectivity index (χ2v) is 8.59. The standard InChI is InChI=1S/C23H22ClFN6O2/c1-14-4-3-11-30(19(14)13-26-23-29-17-8-7-15(24)12-20(17)33-23)22(32)21-16(25)5-2-6-18(21)31-27-9-10-28-31/h2,5-10,12,14,19H,3-4,11,13H2,1H3,(H,26,29)/t14-,19-/m1/s1. The van der Waals surface area contributed by atoms with E-state index in [4.69, 9.17) is 16.0 Å². The van der Waals surface area contributed by atoms with Crippen molar-refractivity contribution in [1.29, 1.82) is 0 Å². The van der Waals surface area contributed by atoms with Crippen LogP contribution in [0.25, 0.3) is 16.8 Å². The molecule has 0 unspecified atom stereocenters. The van der Waals surface area contributed by atoms with E-state index in [2.05, 4.69) is 27.4 Å². The Morgan fingerprint density at radius 2 is 2.09 bits per heavy atom. The molecule has 1 N–H and O–H groups in total. The molecular formula is C23H22ClFN6O2. The summed E-state index contributed by atoms with van der Waals surface area (Å²) in [5, 5.41) is 11.9. The average molecular weight is 469 g/mol. The maximum Gasteiger partial charge on any atom is 0.295 e. The molecule has 4 aromatic rings. The van der Waals surface area contributed by atoms with Crippen LogP contribution in [0.1, 0.15) is 30.1 Å². The number of carbonyl (C=O) groups excluding carboxylic acids is 1. The molecule has 170 valence electrons. The lowest BCUT2D eigenvalue weighted by Gasteiger charge is -2.40. The minimum absolute atomic E-state index is 0.0377. The highest BCUT2D eigenvalue weighted by Gasteiger charge is 2.35. The zero-order valence-corrected chi connectivity index (χ0v) is 18.7. The SMILES string of the molecule is C[C@@H]1CCCN(C(=O)c2c(F)cccc2-n2nccn2)[C@@H]1CNc1nc2ccc(Cl)cc2o1. The van der Waals surface area contributed by atoms with Crippen molar-refractivity contribution in [3.8, 4) is 5.69 Å². The first kappa shape index (κ1) is 21.4. The average Bonchev–Trinajstić information content (AvgIpc) is 3.47. The third-order valence-electron chi connectivity index (χ3n) is 6.03. The molecule has 33 heavy (non-hydrogen) atoms. The van der Waals surface area contributed by atoms with Gasteiger partial charge in [0.1, 0.15) is 22.6 Å². The van der Waals surface area contributed by atoms with Crippen LogP contribution in [-0.4, -0.2) is 49.9 Å². The number of hydrogen-bond acceptors (Lipinski definition) is 6. The van der Waals surface area contributed by atoms with E-state index in [0.29, 0.717) is 40.9 Å². The van der Waals surface area contributed by atoms with Gasteiger partial charge in [-0.15, -0.1) is 0 Å². The predicted octanol–water partition coefficient (Wildman–Crippen LogP) is 4.55. The summed E-state index contributed by atoms with van der Waals surface area (Å²) in [5.41, 5.74) is 1.54. The van der Waals surface area contributed by atoms with Crippen LogP contribution in [0.15, 0.2) is 53.2 Å². The van der Waals surface area contributed by atoms with E-state index in [9.17, 15) is 9.18 Å². The molecule has 1 fully saturated rings. The monoisotopic (exact) mass is 468 g/mol. The Bertz CT molecular complexity index is 1290. The highest BCUT2D eigenvalue weighted by Crippen LogP contribution is 2.29. The maximum atomic E-state index is 14.9. The number of halogens is 2. The van der Waals surface area contributed by atoms with E-state index in [1.807, 2.05) is 0 Å². The molecule has 8 nitrogen and oxygen atoms in total. The molecule has 0 radical (unpaired) electrons. The first-order valence-electron chi connectivity index (χ1n) is 10.8. The molecule has 5 rings (SSSR count). The molecule has 2 atom stereocenters. The molecule has 0 saturated carbocycles. The number of fused-ring (bicyclic) bond motifs is 1. The van der Waals surface area contributed by atoms with Crippen LogP contribution in [0.5, 0.6) is 0 Å². The fourth-order valence-electron chi connectivity index (χ4n) is 4.35. The summed E-state index contributed by atoms with van der Waals surface area (Å²) in [6.45, 7) is 3.03. The molecule has 10 heteroatoms. The lowest BCUT2D eigenvalue weighted by molar-refractivity contribution is 0.0534. The van der Waals surface area contributed by atoms with Gasteiger partial charge in [0.2, 0.25) is 0 Å². The number of rotatable bonds is 5. The van der Waals surface area contributed by atoms with Crippen LogP contribution in [0.2, 0.25) is 5.02 Å². The van der Waals surface area contributed by atoms with Crippen LogP contribution in [-0.2, 0) is 0 Å². The first-order valence-corrected chi connectivity index (χ1v) is 11.1. The van der Waals surface area contributed by atoms with E-state index >= 15 is 0 Å². The van der Waals surface area contributed by atoms with Gasteiger partial charge in [-0.1, -0.05) is 24.6 Å². The summed E-state index contributed by atoms with van der Waals surface area (Å²) in [6.07, 6.45) is 4.78. The third kappa shape index (κ3) is 4.16.